The van der Waals surface area contributed by atoms with Gasteiger partial charge in [0.05, 0.1) is 11.4 Å². The molecule has 0 spiro atoms. The van der Waals surface area contributed by atoms with E-state index in [2.05, 4.69) is 15.2 Å². The van der Waals surface area contributed by atoms with Crippen LogP contribution in [0.15, 0.2) is 54.9 Å². The molecule has 0 N–H and O–H groups in total. The lowest BCUT2D eigenvalue weighted by Crippen LogP contribution is -2.26. The van der Waals surface area contributed by atoms with E-state index in [0.717, 1.165) is 17.3 Å². The van der Waals surface area contributed by atoms with Crippen LogP contribution in [-0.2, 0) is 18.1 Å². The summed E-state index contributed by atoms with van der Waals surface area (Å²) in [5.74, 6) is -0.498. The van der Waals surface area contributed by atoms with Gasteiger partial charge >= 0.3 is 6.18 Å². The maximum Gasteiger partial charge on any atom is 0.433 e. The Labute approximate surface area is 188 Å². The lowest BCUT2D eigenvalue weighted by molar-refractivity contribution is -0.142. The van der Waals surface area contributed by atoms with E-state index in [-0.39, 0.29) is 23.6 Å². The molecule has 1 aromatic carbocycles. The quantitative estimate of drug-likeness (QED) is 0.453. The predicted octanol–water partition coefficient (Wildman–Crippen LogP) is 4.50. The normalized spacial score (nSPS) is 12.3. The molecular weight excluding hydrogens is 433 g/mol. The molecule has 10 heteroatoms. The highest BCUT2D eigenvalue weighted by molar-refractivity contribution is 5.93. The molecule has 172 valence electrons. The number of benzene rings is 1. The first-order chi connectivity index (χ1) is 15.4. The van der Waals surface area contributed by atoms with Crippen LogP contribution in [0.3, 0.4) is 0 Å². The molecule has 0 saturated carbocycles. The maximum absolute atomic E-state index is 13.7. The highest BCUT2D eigenvalue weighted by atomic mass is 19.4. The summed E-state index contributed by atoms with van der Waals surface area (Å²) in [6.07, 6.45) is -1.14. The van der Waals surface area contributed by atoms with Gasteiger partial charge < -0.3 is 4.90 Å². The van der Waals surface area contributed by atoms with E-state index in [0.29, 0.717) is 4.52 Å². The number of nitrogens with zero attached hydrogens (tertiary/aromatic N) is 6. The van der Waals surface area contributed by atoms with E-state index in [9.17, 15) is 18.0 Å². The molecule has 0 aliphatic rings. The lowest BCUT2D eigenvalue weighted by atomic mass is 9.91. The number of alkyl halides is 3. The smallest absolute Gasteiger partial charge is 0.336 e. The Morgan fingerprint density at radius 1 is 1.09 bits per heavy atom. The van der Waals surface area contributed by atoms with Gasteiger partial charge in [-0.25, -0.2) is 14.2 Å². The van der Waals surface area contributed by atoms with Crippen molar-refractivity contribution in [1.29, 1.82) is 0 Å². The van der Waals surface area contributed by atoms with Crippen molar-refractivity contribution in [2.75, 3.05) is 7.05 Å². The second-order valence-electron chi connectivity index (χ2n) is 8.85. The molecule has 0 unspecified atom stereocenters. The summed E-state index contributed by atoms with van der Waals surface area (Å²) in [7, 11) is 1.58. The molecule has 0 radical (unpaired) electrons. The highest BCUT2D eigenvalue weighted by Gasteiger charge is 2.36. The average molecular weight is 456 g/mol. The van der Waals surface area contributed by atoms with Crippen molar-refractivity contribution in [1.82, 2.24) is 29.3 Å². The average Bonchev–Trinajstić information content (AvgIpc) is 3.41. The molecule has 1 amide bonds. The summed E-state index contributed by atoms with van der Waals surface area (Å²) in [5.41, 5.74) is 0.313. The van der Waals surface area contributed by atoms with E-state index in [1.54, 1.807) is 38.7 Å². The van der Waals surface area contributed by atoms with Crippen molar-refractivity contribution < 1.29 is 18.0 Å². The number of amides is 1. The SMILES string of the molecule is CN(Cc1ccc(-n2cccn2)cc1)C(=O)c1cc2nc(C(C)(C)C)cc(C(F)(F)F)n2n1. The first-order valence-corrected chi connectivity index (χ1v) is 10.3. The fourth-order valence-electron chi connectivity index (χ4n) is 3.38. The highest BCUT2D eigenvalue weighted by Crippen LogP contribution is 2.32. The van der Waals surface area contributed by atoms with Crippen molar-refractivity contribution in [3.8, 4) is 5.69 Å². The fraction of sp³-hybridized carbons (Fsp3) is 0.304. The Morgan fingerprint density at radius 3 is 2.36 bits per heavy atom. The predicted molar refractivity (Wildman–Crippen MR) is 116 cm³/mol. The number of rotatable bonds is 4. The van der Waals surface area contributed by atoms with E-state index >= 15 is 0 Å². The molecular formula is C23H23F3N6O. The molecule has 0 fully saturated rings. The molecule has 3 aromatic heterocycles. The Bertz CT molecular complexity index is 1280. The maximum atomic E-state index is 13.7. The number of carbonyl (C=O) groups excluding carboxylic acids is 1. The number of carbonyl (C=O) groups is 1. The van der Waals surface area contributed by atoms with Gasteiger partial charge in [0, 0.05) is 37.5 Å². The van der Waals surface area contributed by atoms with Crippen molar-refractivity contribution in [3.63, 3.8) is 0 Å². The Balaban J connectivity index is 1.61. The molecule has 0 aliphatic carbocycles. The molecule has 3 heterocycles. The zero-order valence-electron chi connectivity index (χ0n) is 18.6. The molecule has 7 nitrogen and oxygen atoms in total. The third-order valence-electron chi connectivity index (χ3n) is 5.18. The van der Waals surface area contributed by atoms with Gasteiger partial charge in [0.2, 0.25) is 0 Å². The zero-order valence-corrected chi connectivity index (χ0v) is 18.6. The van der Waals surface area contributed by atoms with Crippen LogP contribution in [0, 0.1) is 0 Å². The largest absolute Gasteiger partial charge is 0.433 e. The first kappa shape index (κ1) is 22.5. The summed E-state index contributed by atoms with van der Waals surface area (Å²) in [6, 6.07) is 11.6. The third kappa shape index (κ3) is 4.59. The lowest BCUT2D eigenvalue weighted by Gasteiger charge is -2.19. The van der Waals surface area contributed by atoms with E-state index in [1.807, 2.05) is 36.5 Å². The molecule has 0 atom stereocenters. The van der Waals surface area contributed by atoms with E-state index in [4.69, 9.17) is 0 Å². The van der Waals surface area contributed by atoms with Crippen LogP contribution in [-0.4, -0.2) is 42.2 Å². The van der Waals surface area contributed by atoms with Crippen LogP contribution >= 0.6 is 0 Å². The molecule has 4 aromatic rings. The number of hydrogen-bond acceptors (Lipinski definition) is 4. The van der Waals surface area contributed by atoms with Gasteiger partial charge in [0.25, 0.3) is 5.91 Å². The van der Waals surface area contributed by atoms with Crippen molar-refractivity contribution in [2.45, 2.75) is 38.9 Å². The van der Waals surface area contributed by atoms with Crippen LogP contribution in [0.5, 0.6) is 0 Å². The summed E-state index contributed by atoms with van der Waals surface area (Å²) < 4.78 is 43.5. The summed E-state index contributed by atoms with van der Waals surface area (Å²) in [5, 5.41) is 8.11. The minimum absolute atomic E-state index is 0.0184. The minimum Gasteiger partial charge on any atom is -0.336 e. The Kier molecular flexibility index (Phi) is 5.47. The van der Waals surface area contributed by atoms with Crippen LogP contribution < -0.4 is 0 Å². The minimum atomic E-state index is -4.64. The van der Waals surface area contributed by atoms with Gasteiger partial charge in [-0.1, -0.05) is 32.9 Å². The van der Waals surface area contributed by atoms with Crippen molar-refractivity contribution >= 4 is 11.6 Å². The summed E-state index contributed by atoms with van der Waals surface area (Å²) in [4.78, 5) is 18.7. The second kappa shape index (κ2) is 8.02. The van der Waals surface area contributed by atoms with Crippen LogP contribution in [0.25, 0.3) is 11.3 Å². The summed E-state index contributed by atoms with van der Waals surface area (Å²) in [6.45, 7) is 5.60. The molecule has 33 heavy (non-hydrogen) atoms. The third-order valence-corrected chi connectivity index (χ3v) is 5.18. The van der Waals surface area contributed by atoms with Crippen molar-refractivity contribution in [3.05, 3.63) is 77.5 Å². The first-order valence-electron chi connectivity index (χ1n) is 10.3. The van der Waals surface area contributed by atoms with Gasteiger partial charge in [0.15, 0.2) is 11.3 Å². The fourth-order valence-corrected chi connectivity index (χ4v) is 3.38. The van der Waals surface area contributed by atoms with Gasteiger partial charge in [-0.15, -0.1) is 0 Å². The van der Waals surface area contributed by atoms with Crippen molar-refractivity contribution in [2.24, 2.45) is 0 Å². The Morgan fingerprint density at radius 2 is 1.79 bits per heavy atom. The van der Waals surface area contributed by atoms with Crippen LogP contribution in [0.2, 0.25) is 0 Å². The topological polar surface area (TPSA) is 68.3 Å². The monoisotopic (exact) mass is 456 g/mol. The van der Waals surface area contributed by atoms with Gasteiger partial charge in [-0.3, -0.25) is 4.79 Å². The van der Waals surface area contributed by atoms with Gasteiger partial charge in [-0.2, -0.15) is 23.4 Å². The molecule has 0 saturated heterocycles. The molecule has 0 aliphatic heterocycles. The van der Waals surface area contributed by atoms with E-state index in [1.165, 1.54) is 11.0 Å². The van der Waals surface area contributed by atoms with Crippen LogP contribution in [0.4, 0.5) is 13.2 Å². The molecule has 0 bridgehead atoms. The number of halogens is 3. The standard InChI is InChI=1S/C23H23F3N6O/c1-22(2,3)18-13-19(23(24,25)26)32-20(28-18)12-17(29-32)21(33)30(4)14-15-6-8-16(9-7-15)31-11-5-10-27-31/h5-13H,14H2,1-4H3. The second-order valence-corrected chi connectivity index (χ2v) is 8.85. The van der Waals surface area contributed by atoms with Gasteiger partial charge in [-0.05, 0) is 29.8 Å². The van der Waals surface area contributed by atoms with Gasteiger partial charge in [0.1, 0.15) is 5.69 Å². The Hall–Kier alpha value is -3.69. The van der Waals surface area contributed by atoms with E-state index < -0.39 is 23.2 Å². The summed E-state index contributed by atoms with van der Waals surface area (Å²) >= 11 is 0. The number of hydrogen-bond donors (Lipinski definition) is 0. The number of fused-ring (bicyclic) bond motifs is 1. The van der Waals surface area contributed by atoms with Crippen LogP contribution in [0.1, 0.15) is 48.2 Å². The number of aromatic nitrogens is 5. The zero-order chi connectivity index (χ0) is 24.0. The molecule has 4 rings (SSSR count).